The van der Waals surface area contributed by atoms with Crippen LogP contribution in [0.5, 0.6) is 0 Å². The summed E-state index contributed by atoms with van der Waals surface area (Å²) in [4.78, 5) is 18.9. The lowest BCUT2D eigenvalue weighted by Gasteiger charge is -2.20. The third-order valence-corrected chi connectivity index (χ3v) is 4.55. The zero-order chi connectivity index (χ0) is 16.9. The van der Waals surface area contributed by atoms with Crippen molar-refractivity contribution in [1.82, 2.24) is 4.98 Å². The fourth-order valence-electron chi connectivity index (χ4n) is 2.40. The van der Waals surface area contributed by atoms with E-state index in [0.29, 0.717) is 18.0 Å². The average molecular weight is 340 g/mol. The largest absolute Gasteiger partial charge is 0.274 e. The predicted octanol–water partition coefficient (Wildman–Crippen LogP) is 4.89. The number of hydrogen-bond donors (Lipinski definition) is 0. The molecular weight excluding hydrogens is 323 g/mol. The second kappa shape index (κ2) is 7.36. The summed E-state index contributed by atoms with van der Waals surface area (Å²) in [6.07, 6.45) is 0.895. The van der Waals surface area contributed by atoms with E-state index in [0.717, 1.165) is 16.9 Å². The van der Waals surface area contributed by atoms with Crippen LogP contribution in [0.3, 0.4) is 0 Å². The summed E-state index contributed by atoms with van der Waals surface area (Å²) in [5.41, 5.74) is 2.63. The van der Waals surface area contributed by atoms with Gasteiger partial charge in [-0.1, -0.05) is 30.3 Å². The molecule has 1 heterocycles. The molecule has 0 N–H and O–H groups in total. The summed E-state index contributed by atoms with van der Waals surface area (Å²) < 4.78 is 13.0. The molecule has 0 saturated heterocycles. The maximum atomic E-state index is 13.0. The molecule has 122 valence electrons. The van der Waals surface area contributed by atoms with Crippen molar-refractivity contribution in [3.05, 3.63) is 77.1 Å². The normalized spacial score (nSPS) is 10.6. The van der Waals surface area contributed by atoms with Gasteiger partial charge in [0.25, 0.3) is 0 Å². The van der Waals surface area contributed by atoms with Gasteiger partial charge in [0.1, 0.15) is 5.82 Å². The van der Waals surface area contributed by atoms with E-state index in [1.165, 1.54) is 23.5 Å². The van der Waals surface area contributed by atoms with E-state index in [9.17, 15) is 9.18 Å². The Labute approximate surface area is 144 Å². The van der Waals surface area contributed by atoms with E-state index >= 15 is 0 Å². The highest BCUT2D eigenvalue weighted by Gasteiger charge is 2.20. The quantitative estimate of drug-likeness (QED) is 0.663. The van der Waals surface area contributed by atoms with Crippen LogP contribution < -0.4 is 4.90 Å². The number of carbonyl (C=O) groups excluding carboxylic acids is 1. The minimum absolute atomic E-state index is 0.0279. The first-order valence-corrected chi connectivity index (χ1v) is 8.56. The second-order valence-corrected chi connectivity index (χ2v) is 6.30. The molecule has 3 aromatic rings. The van der Waals surface area contributed by atoms with Gasteiger partial charge in [-0.2, -0.15) is 0 Å². The first kappa shape index (κ1) is 16.3. The molecule has 0 aliphatic heterocycles. The summed E-state index contributed by atoms with van der Waals surface area (Å²) in [5, 5.41) is 2.60. The van der Waals surface area contributed by atoms with Gasteiger partial charge in [0.05, 0.1) is 11.4 Å². The third kappa shape index (κ3) is 3.86. The minimum Gasteiger partial charge on any atom is -0.274 e. The van der Waals surface area contributed by atoms with Gasteiger partial charge in [0.15, 0.2) is 5.13 Å². The Morgan fingerprint density at radius 2 is 1.83 bits per heavy atom. The van der Waals surface area contributed by atoms with Crippen LogP contribution >= 0.6 is 11.3 Å². The molecule has 1 aromatic heterocycles. The molecule has 0 radical (unpaired) electrons. The SMILES string of the molecule is Cc1csc(N(C(=O)CCc2ccc(F)cc2)c2ccccc2)n1. The summed E-state index contributed by atoms with van der Waals surface area (Å²) >= 11 is 1.45. The molecule has 0 saturated carbocycles. The fraction of sp³-hybridized carbons (Fsp3) is 0.158. The Kier molecular flexibility index (Phi) is 5.01. The molecule has 0 atom stereocenters. The van der Waals surface area contributed by atoms with Crippen LogP contribution in [0.1, 0.15) is 17.7 Å². The lowest BCUT2D eigenvalue weighted by atomic mass is 10.1. The maximum absolute atomic E-state index is 13.0. The molecule has 5 heteroatoms. The van der Waals surface area contributed by atoms with Gasteiger partial charge in [-0.15, -0.1) is 11.3 Å². The van der Waals surface area contributed by atoms with E-state index < -0.39 is 0 Å². The number of nitrogens with zero attached hydrogens (tertiary/aromatic N) is 2. The van der Waals surface area contributed by atoms with Gasteiger partial charge in [-0.05, 0) is 43.2 Å². The zero-order valence-corrected chi connectivity index (χ0v) is 14.1. The van der Waals surface area contributed by atoms with Crippen molar-refractivity contribution in [1.29, 1.82) is 0 Å². The van der Waals surface area contributed by atoms with Crippen molar-refractivity contribution in [2.45, 2.75) is 19.8 Å². The number of anilines is 2. The number of aromatic nitrogens is 1. The van der Waals surface area contributed by atoms with E-state index in [-0.39, 0.29) is 11.7 Å². The van der Waals surface area contributed by atoms with E-state index in [1.807, 2.05) is 42.6 Å². The van der Waals surface area contributed by atoms with Crippen molar-refractivity contribution in [2.75, 3.05) is 4.90 Å². The molecule has 24 heavy (non-hydrogen) atoms. The van der Waals surface area contributed by atoms with Gasteiger partial charge in [-0.3, -0.25) is 9.69 Å². The van der Waals surface area contributed by atoms with E-state index in [1.54, 1.807) is 17.0 Å². The monoisotopic (exact) mass is 340 g/mol. The maximum Gasteiger partial charge on any atom is 0.233 e. The van der Waals surface area contributed by atoms with Gasteiger partial charge in [-0.25, -0.2) is 9.37 Å². The van der Waals surface area contributed by atoms with Crippen LogP contribution in [0.2, 0.25) is 0 Å². The van der Waals surface area contributed by atoms with E-state index in [4.69, 9.17) is 0 Å². The van der Waals surface area contributed by atoms with Crippen LogP contribution in [0.4, 0.5) is 15.2 Å². The highest BCUT2D eigenvalue weighted by atomic mass is 32.1. The molecule has 0 unspecified atom stereocenters. The number of hydrogen-bond acceptors (Lipinski definition) is 3. The number of rotatable bonds is 5. The summed E-state index contributed by atoms with van der Waals surface area (Å²) in [6.45, 7) is 1.91. The molecule has 3 rings (SSSR count). The first-order valence-electron chi connectivity index (χ1n) is 7.68. The van der Waals surface area contributed by atoms with Crippen LogP contribution in [0.25, 0.3) is 0 Å². The van der Waals surface area contributed by atoms with Crippen LogP contribution in [0, 0.1) is 12.7 Å². The number of aryl methyl sites for hydroxylation is 2. The van der Waals surface area contributed by atoms with Gasteiger partial charge < -0.3 is 0 Å². The molecule has 2 aromatic carbocycles. The number of thiazole rings is 1. The van der Waals surface area contributed by atoms with E-state index in [2.05, 4.69) is 4.98 Å². The Morgan fingerprint density at radius 1 is 1.12 bits per heavy atom. The predicted molar refractivity (Wildman–Crippen MR) is 95.2 cm³/mol. The summed E-state index contributed by atoms with van der Waals surface area (Å²) in [7, 11) is 0. The molecular formula is C19H17FN2OS. The molecule has 0 aliphatic carbocycles. The lowest BCUT2D eigenvalue weighted by molar-refractivity contribution is -0.117. The molecule has 0 spiro atoms. The van der Waals surface area contributed by atoms with Gasteiger partial charge >= 0.3 is 0 Å². The number of para-hydroxylation sites is 1. The first-order chi connectivity index (χ1) is 11.6. The molecule has 3 nitrogen and oxygen atoms in total. The smallest absolute Gasteiger partial charge is 0.233 e. The Balaban J connectivity index is 1.80. The van der Waals surface area contributed by atoms with Crippen LogP contribution in [-0.2, 0) is 11.2 Å². The third-order valence-electron chi connectivity index (χ3n) is 3.60. The Morgan fingerprint density at radius 3 is 2.46 bits per heavy atom. The average Bonchev–Trinajstić information content (AvgIpc) is 3.01. The molecule has 0 fully saturated rings. The highest BCUT2D eigenvalue weighted by Crippen LogP contribution is 2.29. The molecule has 1 amide bonds. The number of carbonyl (C=O) groups is 1. The standard InChI is InChI=1S/C19H17FN2OS/c1-14-13-24-19(21-14)22(17-5-3-2-4-6-17)18(23)12-9-15-7-10-16(20)11-8-15/h2-8,10-11,13H,9,12H2,1H3. The lowest BCUT2D eigenvalue weighted by Crippen LogP contribution is -2.26. The number of benzene rings is 2. The van der Waals surface area contributed by atoms with Crippen molar-refractivity contribution in [2.24, 2.45) is 0 Å². The van der Waals surface area contributed by atoms with Gasteiger partial charge in [0, 0.05) is 11.8 Å². The topological polar surface area (TPSA) is 33.2 Å². The minimum atomic E-state index is -0.269. The molecule has 0 aliphatic rings. The second-order valence-electron chi connectivity index (χ2n) is 5.46. The van der Waals surface area contributed by atoms with Crippen molar-refractivity contribution in [3.8, 4) is 0 Å². The van der Waals surface area contributed by atoms with Crippen molar-refractivity contribution < 1.29 is 9.18 Å². The van der Waals surface area contributed by atoms with Crippen LogP contribution in [-0.4, -0.2) is 10.9 Å². The summed E-state index contributed by atoms with van der Waals surface area (Å²) in [6, 6.07) is 15.8. The fourth-order valence-corrected chi connectivity index (χ4v) is 3.23. The number of halogens is 1. The van der Waals surface area contributed by atoms with Crippen molar-refractivity contribution >= 4 is 28.1 Å². The van der Waals surface area contributed by atoms with Crippen molar-refractivity contribution in [3.63, 3.8) is 0 Å². The van der Waals surface area contributed by atoms with Gasteiger partial charge in [0.2, 0.25) is 5.91 Å². The molecule has 0 bridgehead atoms. The zero-order valence-electron chi connectivity index (χ0n) is 13.3. The highest BCUT2D eigenvalue weighted by molar-refractivity contribution is 7.14. The Hall–Kier alpha value is -2.53. The number of amides is 1. The summed E-state index contributed by atoms with van der Waals surface area (Å²) in [5.74, 6) is -0.297. The Bertz CT molecular complexity index is 815. The van der Waals surface area contributed by atoms with Crippen LogP contribution in [0.15, 0.2) is 60.0 Å².